The summed E-state index contributed by atoms with van der Waals surface area (Å²) < 4.78 is 0. The smallest absolute Gasteiger partial charge is 0.240 e. The summed E-state index contributed by atoms with van der Waals surface area (Å²) in [6, 6.07) is 14.0. The van der Waals surface area contributed by atoms with Gasteiger partial charge in [0.25, 0.3) is 0 Å². The average Bonchev–Trinajstić information content (AvgIpc) is 2.68. The van der Waals surface area contributed by atoms with Crippen LogP contribution in [0, 0.1) is 0 Å². The van der Waals surface area contributed by atoms with E-state index in [9.17, 15) is 4.79 Å². The quantitative estimate of drug-likeness (QED) is 0.509. The zero-order valence-corrected chi connectivity index (χ0v) is 18.3. The van der Waals surface area contributed by atoms with Gasteiger partial charge in [-0.15, -0.1) is 0 Å². The zero-order valence-electron chi connectivity index (χ0n) is 17.5. The van der Waals surface area contributed by atoms with Crippen molar-refractivity contribution in [3.05, 3.63) is 70.3 Å². The van der Waals surface area contributed by atoms with Crippen LogP contribution < -0.4 is 10.3 Å². The van der Waals surface area contributed by atoms with E-state index >= 15 is 0 Å². The third-order valence-electron chi connectivity index (χ3n) is 5.29. The van der Waals surface area contributed by atoms with Crippen molar-refractivity contribution in [2.75, 3.05) is 11.4 Å². The van der Waals surface area contributed by atoms with Crippen molar-refractivity contribution in [3.8, 4) is 0 Å². The molecule has 0 saturated heterocycles. The number of fused-ring (bicyclic) bond motifs is 1. The summed E-state index contributed by atoms with van der Waals surface area (Å²) in [4.78, 5) is 14.4. The van der Waals surface area contributed by atoms with Gasteiger partial charge in [0.1, 0.15) is 0 Å². The number of benzene rings is 2. The molecule has 2 aromatic rings. The third kappa shape index (κ3) is 4.88. The number of nitrogens with one attached hydrogen (secondary N) is 1. The summed E-state index contributed by atoms with van der Waals surface area (Å²) in [5.74, 6) is -0.117. The summed E-state index contributed by atoms with van der Waals surface area (Å²) in [5, 5.41) is 4.73. The van der Waals surface area contributed by atoms with Gasteiger partial charge in [0.15, 0.2) is 0 Å². The molecule has 2 aromatic carbocycles. The molecule has 0 unspecified atom stereocenters. The second-order valence-electron chi connectivity index (χ2n) is 7.89. The normalized spacial score (nSPS) is 15.2. The van der Waals surface area contributed by atoms with Crippen LogP contribution in [-0.4, -0.2) is 24.2 Å². The van der Waals surface area contributed by atoms with E-state index in [0.29, 0.717) is 17.9 Å². The molecule has 0 aromatic heterocycles. The summed E-state index contributed by atoms with van der Waals surface area (Å²) in [5.41, 5.74) is 7.96. The lowest BCUT2D eigenvalue weighted by Crippen LogP contribution is -2.44. The van der Waals surface area contributed by atoms with Crippen LogP contribution in [0.3, 0.4) is 0 Å². The van der Waals surface area contributed by atoms with Gasteiger partial charge in [-0.05, 0) is 57.4 Å². The van der Waals surface area contributed by atoms with Gasteiger partial charge in [-0.2, -0.15) is 5.10 Å². The van der Waals surface area contributed by atoms with Crippen molar-refractivity contribution in [1.82, 2.24) is 5.43 Å². The maximum Gasteiger partial charge on any atom is 0.240 e. The average molecular weight is 410 g/mol. The molecule has 0 atom stereocenters. The van der Waals surface area contributed by atoms with E-state index < -0.39 is 0 Å². The minimum absolute atomic E-state index is 0.0580. The summed E-state index contributed by atoms with van der Waals surface area (Å²) in [6.45, 7) is 9.57. The van der Waals surface area contributed by atoms with Gasteiger partial charge in [0, 0.05) is 29.8 Å². The van der Waals surface area contributed by atoms with Crippen LogP contribution >= 0.6 is 11.6 Å². The molecule has 1 heterocycles. The Kier molecular flexibility index (Phi) is 6.43. The molecule has 0 fully saturated rings. The molecule has 1 aliphatic heterocycles. The first-order chi connectivity index (χ1) is 13.8. The molecule has 4 nitrogen and oxygen atoms in total. The highest BCUT2D eigenvalue weighted by Crippen LogP contribution is 2.40. The standard InChI is InChI=1S/C24H28ClN3O/c1-5-28-22-14-21(25)19(13-20(22)17(2)15-24(28,3)4)16-26-27-23(29)12-11-18-9-7-6-8-10-18/h6-10,13-16H,5,11-12H2,1-4H3,(H,27,29)/b26-16+. The number of halogens is 1. The SMILES string of the molecule is CCN1c2cc(Cl)c(/C=N/NC(=O)CCc3ccccc3)cc2C(C)=CC1(C)C. The minimum Gasteiger partial charge on any atom is -0.363 e. The van der Waals surface area contributed by atoms with Gasteiger partial charge >= 0.3 is 0 Å². The first-order valence-electron chi connectivity index (χ1n) is 9.98. The van der Waals surface area contributed by atoms with Crippen molar-refractivity contribution in [3.63, 3.8) is 0 Å². The first-order valence-corrected chi connectivity index (χ1v) is 10.4. The van der Waals surface area contributed by atoms with Gasteiger partial charge in [0.05, 0.1) is 16.8 Å². The number of nitrogens with zero attached hydrogens (tertiary/aromatic N) is 2. The highest BCUT2D eigenvalue weighted by molar-refractivity contribution is 6.33. The lowest BCUT2D eigenvalue weighted by atomic mass is 9.88. The van der Waals surface area contributed by atoms with E-state index in [2.05, 4.69) is 49.2 Å². The molecule has 1 N–H and O–H groups in total. The summed E-state index contributed by atoms with van der Waals surface area (Å²) in [6.07, 6.45) is 4.97. The molecule has 5 heteroatoms. The predicted molar refractivity (Wildman–Crippen MR) is 123 cm³/mol. The van der Waals surface area contributed by atoms with Gasteiger partial charge in [-0.25, -0.2) is 5.43 Å². The fourth-order valence-corrected chi connectivity index (χ4v) is 4.13. The van der Waals surface area contributed by atoms with Crippen LogP contribution in [0.1, 0.15) is 50.8 Å². The number of hydrogen-bond donors (Lipinski definition) is 1. The van der Waals surface area contributed by atoms with Crippen molar-refractivity contribution in [2.24, 2.45) is 5.10 Å². The van der Waals surface area contributed by atoms with E-state index in [1.165, 1.54) is 5.57 Å². The Morgan fingerprint density at radius 2 is 1.97 bits per heavy atom. The number of likely N-dealkylation sites (N-methyl/N-ethyl adjacent to an activating group) is 1. The Bertz CT molecular complexity index is 948. The van der Waals surface area contributed by atoms with Gasteiger partial charge < -0.3 is 4.90 Å². The lowest BCUT2D eigenvalue weighted by Gasteiger charge is -2.43. The van der Waals surface area contributed by atoms with Crippen LogP contribution in [0.2, 0.25) is 5.02 Å². The minimum atomic E-state index is -0.117. The third-order valence-corrected chi connectivity index (χ3v) is 5.62. The molecule has 1 aliphatic rings. The van der Waals surface area contributed by atoms with E-state index in [1.807, 2.05) is 42.5 Å². The Balaban J connectivity index is 1.70. The molecule has 0 aliphatic carbocycles. The highest BCUT2D eigenvalue weighted by Gasteiger charge is 2.30. The second-order valence-corrected chi connectivity index (χ2v) is 8.30. The van der Waals surface area contributed by atoms with E-state index in [4.69, 9.17) is 11.6 Å². The maximum atomic E-state index is 12.1. The zero-order chi connectivity index (χ0) is 21.0. The number of rotatable bonds is 6. The van der Waals surface area contributed by atoms with Crippen LogP contribution in [0.4, 0.5) is 5.69 Å². The molecule has 0 spiro atoms. The molecule has 152 valence electrons. The van der Waals surface area contributed by atoms with Gasteiger partial charge in [0.2, 0.25) is 5.91 Å². The molecule has 3 rings (SSSR count). The number of hydrogen-bond acceptors (Lipinski definition) is 3. The predicted octanol–water partition coefficient (Wildman–Crippen LogP) is 5.44. The van der Waals surface area contributed by atoms with E-state index in [-0.39, 0.29) is 11.4 Å². The Morgan fingerprint density at radius 3 is 2.66 bits per heavy atom. The molecular formula is C24H28ClN3O. The second kappa shape index (κ2) is 8.83. The molecule has 0 bridgehead atoms. The number of allylic oxidation sites excluding steroid dienone is 1. The van der Waals surface area contributed by atoms with Crippen LogP contribution in [-0.2, 0) is 11.2 Å². The van der Waals surface area contributed by atoms with Crippen molar-refractivity contribution < 1.29 is 4.79 Å². The Labute approximate surface area is 178 Å². The fourth-order valence-electron chi connectivity index (χ4n) is 3.92. The van der Waals surface area contributed by atoms with Crippen LogP contribution in [0.15, 0.2) is 53.6 Å². The number of hydrazone groups is 1. The maximum absolute atomic E-state index is 12.1. The van der Waals surface area contributed by atoms with Crippen molar-refractivity contribution in [1.29, 1.82) is 0 Å². The molecule has 0 saturated carbocycles. The number of carbonyl (C=O) groups excluding carboxylic acids is 1. The lowest BCUT2D eigenvalue weighted by molar-refractivity contribution is -0.121. The summed E-state index contributed by atoms with van der Waals surface area (Å²) in [7, 11) is 0. The van der Waals surface area contributed by atoms with Crippen molar-refractivity contribution >= 4 is 35.0 Å². The van der Waals surface area contributed by atoms with Crippen molar-refractivity contribution in [2.45, 2.75) is 46.1 Å². The highest BCUT2D eigenvalue weighted by atomic mass is 35.5. The molecule has 0 radical (unpaired) electrons. The fraction of sp³-hybridized carbons (Fsp3) is 0.333. The topological polar surface area (TPSA) is 44.7 Å². The molecule has 1 amide bonds. The van der Waals surface area contributed by atoms with E-state index in [1.54, 1.807) is 6.21 Å². The first kappa shape index (κ1) is 21.1. The number of anilines is 1. The van der Waals surface area contributed by atoms with Crippen LogP contribution in [0.25, 0.3) is 5.57 Å². The molecular weight excluding hydrogens is 382 g/mol. The molecule has 29 heavy (non-hydrogen) atoms. The van der Waals surface area contributed by atoms with E-state index in [0.717, 1.165) is 28.9 Å². The monoisotopic (exact) mass is 409 g/mol. The summed E-state index contributed by atoms with van der Waals surface area (Å²) >= 11 is 6.53. The Hall–Kier alpha value is -2.59. The Morgan fingerprint density at radius 1 is 1.24 bits per heavy atom. The number of amides is 1. The number of aryl methyl sites for hydroxylation is 1. The van der Waals surface area contributed by atoms with Gasteiger partial charge in [-0.3, -0.25) is 4.79 Å². The number of carbonyl (C=O) groups is 1. The van der Waals surface area contributed by atoms with Crippen LogP contribution in [0.5, 0.6) is 0 Å². The van der Waals surface area contributed by atoms with Gasteiger partial charge in [-0.1, -0.05) is 48.0 Å². The largest absolute Gasteiger partial charge is 0.363 e.